The zero-order valence-electron chi connectivity index (χ0n) is 22.0. The van der Waals surface area contributed by atoms with Gasteiger partial charge in [0, 0.05) is 13.1 Å². The van der Waals surface area contributed by atoms with E-state index in [1.807, 2.05) is 30.3 Å². The summed E-state index contributed by atoms with van der Waals surface area (Å²) in [7, 11) is 0. The summed E-state index contributed by atoms with van der Waals surface area (Å²) in [5.74, 6) is 0. The average Bonchev–Trinajstić information content (AvgIpc) is 2.87. The third kappa shape index (κ3) is 18.7. The summed E-state index contributed by atoms with van der Waals surface area (Å²) >= 11 is 0. The molecule has 0 saturated heterocycles. The maximum absolute atomic E-state index is 12.1. The lowest BCUT2D eigenvalue weighted by Gasteiger charge is -2.18. The Balaban J connectivity index is 2.30. The smallest absolute Gasteiger partial charge is 0.407 e. The molecule has 35 heavy (non-hydrogen) atoms. The number of hydrogen-bond acceptors (Lipinski definition) is 5. The summed E-state index contributed by atoms with van der Waals surface area (Å²) in [5, 5.41) is 5.57. The molecule has 0 atom stereocenters. The maximum atomic E-state index is 12.1. The molecule has 0 heterocycles. The number of nitrogens with one attached hydrogen (secondary N) is 2. The van der Waals surface area contributed by atoms with E-state index < -0.39 is 18.3 Å². The van der Waals surface area contributed by atoms with E-state index in [-0.39, 0.29) is 13.2 Å². The second-order valence-electron chi connectivity index (χ2n) is 9.00. The van der Waals surface area contributed by atoms with Crippen molar-refractivity contribution < 1.29 is 23.8 Å². The molecule has 0 fully saturated rings. The van der Waals surface area contributed by atoms with Crippen molar-refractivity contribution in [1.29, 1.82) is 0 Å². The molecule has 0 spiro atoms. The normalized spacial score (nSPS) is 10.8. The van der Waals surface area contributed by atoms with E-state index in [2.05, 4.69) is 24.5 Å². The van der Waals surface area contributed by atoms with Crippen molar-refractivity contribution in [2.24, 2.45) is 0 Å². The minimum absolute atomic E-state index is 0.0138. The molecule has 1 aromatic rings. The van der Waals surface area contributed by atoms with Crippen LogP contribution in [0.2, 0.25) is 0 Å². The number of hydrogen-bond donors (Lipinski definition) is 2. The average molecular weight is 493 g/mol. The number of unbranched alkanes of at least 4 members (excludes halogenated alkanes) is 10. The first-order valence-electron chi connectivity index (χ1n) is 13.6. The Kier molecular flexibility index (Phi) is 19.5. The molecule has 1 rings (SSSR count). The molecule has 0 radical (unpaired) electrons. The molecule has 7 heteroatoms. The molecule has 200 valence electrons. The highest BCUT2D eigenvalue weighted by atomic mass is 16.6. The van der Waals surface area contributed by atoms with Crippen LogP contribution in [-0.4, -0.2) is 44.6 Å². The van der Waals surface area contributed by atoms with Crippen LogP contribution in [-0.2, 0) is 20.8 Å². The van der Waals surface area contributed by atoms with Gasteiger partial charge in [-0.15, -0.1) is 0 Å². The Morgan fingerprint density at radius 3 is 1.63 bits per heavy atom. The van der Waals surface area contributed by atoms with Gasteiger partial charge < -0.3 is 24.8 Å². The van der Waals surface area contributed by atoms with Crippen molar-refractivity contribution in [2.75, 3.05) is 26.3 Å². The highest BCUT2D eigenvalue weighted by Gasteiger charge is 2.16. The predicted molar refractivity (Wildman–Crippen MR) is 140 cm³/mol. The molecule has 0 unspecified atom stereocenters. The second kappa shape index (κ2) is 22.2. The molecule has 2 N–H and O–H groups in total. The number of ether oxygens (including phenoxy) is 3. The Morgan fingerprint density at radius 1 is 0.686 bits per heavy atom. The van der Waals surface area contributed by atoms with Gasteiger partial charge in [-0.2, -0.15) is 0 Å². The summed E-state index contributed by atoms with van der Waals surface area (Å²) in [4.78, 5) is 24.1. The summed E-state index contributed by atoms with van der Waals surface area (Å²) in [5.41, 5.74) is 0.998. The van der Waals surface area contributed by atoms with Gasteiger partial charge in [-0.25, -0.2) is 9.59 Å². The molecule has 0 saturated carbocycles. The molecule has 2 amide bonds. The van der Waals surface area contributed by atoms with Gasteiger partial charge in [0.05, 0.1) is 6.61 Å². The largest absolute Gasteiger partial charge is 0.447 e. The Labute approximate surface area is 212 Å². The van der Waals surface area contributed by atoms with Crippen LogP contribution in [0.25, 0.3) is 0 Å². The first-order valence-corrected chi connectivity index (χ1v) is 13.6. The molecular formula is C28H48N2O5. The highest BCUT2D eigenvalue weighted by molar-refractivity contribution is 5.67. The quantitative estimate of drug-likeness (QED) is 0.186. The summed E-state index contributed by atoms with van der Waals surface area (Å²) in [6.45, 7) is 5.96. The third-order valence-electron chi connectivity index (χ3n) is 5.73. The van der Waals surface area contributed by atoms with E-state index in [4.69, 9.17) is 14.2 Å². The van der Waals surface area contributed by atoms with Crippen LogP contribution in [0.4, 0.5) is 9.59 Å². The van der Waals surface area contributed by atoms with E-state index in [0.717, 1.165) is 31.2 Å². The molecule has 0 aliphatic rings. The van der Waals surface area contributed by atoms with E-state index >= 15 is 0 Å². The van der Waals surface area contributed by atoms with Crippen LogP contribution in [0.1, 0.15) is 96.5 Å². The molecular weight excluding hydrogens is 444 g/mol. The number of amides is 2. The molecule has 7 nitrogen and oxygen atoms in total. The fraction of sp³-hybridized carbons (Fsp3) is 0.714. The van der Waals surface area contributed by atoms with Gasteiger partial charge in [0.1, 0.15) is 19.3 Å². The highest BCUT2D eigenvalue weighted by Crippen LogP contribution is 2.07. The van der Waals surface area contributed by atoms with Crippen molar-refractivity contribution in [3.8, 4) is 0 Å². The summed E-state index contributed by atoms with van der Waals surface area (Å²) < 4.78 is 16.5. The zero-order chi connectivity index (χ0) is 25.4. The standard InChI is InChI=1S/C28H48N2O5/c1-3-5-7-9-11-16-20-29-27(31)34-23-26(33-22-25-18-14-13-15-19-25)24-35-28(32)30-21-17-12-10-8-6-4-2/h13-15,18-19,26H,3-12,16-17,20-24H2,1-2H3,(H,29,31)(H,30,32). The van der Waals surface area contributed by atoms with Gasteiger partial charge in [-0.05, 0) is 18.4 Å². The van der Waals surface area contributed by atoms with Crippen LogP contribution in [0.3, 0.4) is 0 Å². The van der Waals surface area contributed by atoms with Gasteiger partial charge in [0.2, 0.25) is 0 Å². The predicted octanol–water partition coefficient (Wildman–Crippen LogP) is 6.75. The van der Waals surface area contributed by atoms with Gasteiger partial charge in [0.15, 0.2) is 0 Å². The first kappa shape index (κ1) is 30.8. The Bertz CT molecular complexity index is 607. The minimum Gasteiger partial charge on any atom is -0.447 e. The van der Waals surface area contributed by atoms with Crippen LogP contribution >= 0.6 is 0 Å². The van der Waals surface area contributed by atoms with Crippen molar-refractivity contribution in [3.05, 3.63) is 35.9 Å². The Morgan fingerprint density at radius 2 is 1.14 bits per heavy atom. The molecule has 0 aromatic heterocycles. The minimum atomic E-state index is -0.546. The molecule has 1 aromatic carbocycles. The topological polar surface area (TPSA) is 85.9 Å². The zero-order valence-corrected chi connectivity index (χ0v) is 22.0. The van der Waals surface area contributed by atoms with Crippen LogP contribution < -0.4 is 10.6 Å². The van der Waals surface area contributed by atoms with Gasteiger partial charge in [-0.1, -0.05) is 108 Å². The number of alkyl carbamates (subject to hydrolysis) is 2. The van der Waals surface area contributed by atoms with Crippen LogP contribution in [0, 0.1) is 0 Å². The van der Waals surface area contributed by atoms with Crippen LogP contribution in [0.15, 0.2) is 30.3 Å². The van der Waals surface area contributed by atoms with Crippen molar-refractivity contribution in [3.63, 3.8) is 0 Å². The van der Waals surface area contributed by atoms with Gasteiger partial charge in [-0.3, -0.25) is 0 Å². The number of carbonyl (C=O) groups is 2. The van der Waals surface area contributed by atoms with Crippen molar-refractivity contribution in [1.82, 2.24) is 10.6 Å². The van der Waals surface area contributed by atoms with Crippen LogP contribution in [0.5, 0.6) is 0 Å². The lowest BCUT2D eigenvalue weighted by atomic mass is 10.1. The van der Waals surface area contributed by atoms with E-state index in [1.54, 1.807) is 0 Å². The summed E-state index contributed by atoms with van der Waals surface area (Å²) in [6, 6.07) is 9.73. The first-order chi connectivity index (χ1) is 17.2. The Hall–Kier alpha value is -2.28. The summed E-state index contributed by atoms with van der Waals surface area (Å²) in [6.07, 6.45) is 12.4. The fourth-order valence-corrected chi connectivity index (χ4v) is 3.56. The lowest BCUT2D eigenvalue weighted by molar-refractivity contribution is -0.0364. The fourth-order valence-electron chi connectivity index (χ4n) is 3.56. The third-order valence-corrected chi connectivity index (χ3v) is 5.73. The lowest BCUT2D eigenvalue weighted by Crippen LogP contribution is -2.34. The van der Waals surface area contributed by atoms with Crippen molar-refractivity contribution >= 4 is 12.2 Å². The van der Waals surface area contributed by atoms with E-state index in [0.29, 0.717) is 19.7 Å². The second-order valence-corrected chi connectivity index (χ2v) is 9.00. The monoisotopic (exact) mass is 492 g/mol. The number of carbonyl (C=O) groups excluding carboxylic acids is 2. The van der Waals surface area contributed by atoms with E-state index in [9.17, 15) is 9.59 Å². The molecule has 0 aliphatic heterocycles. The van der Waals surface area contributed by atoms with Crippen molar-refractivity contribution in [2.45, 2.75) is 104 Å². The maximum Gasteiger partial charge on any atom is 0.407 e. The molecule has 0 bridgehead atoms. The van der Waals surface area contributed by atoms with E-state index in [1.165, 1.54) is 51.4 Å². The number of benzene rings is 1. The number of rotatable bonds is 21. The SMILES string of the molecule is CCCCCCCCNC(=O)OCC(COC(=O)NCCCCCCCC)OCc1ccccc1. The van der Waals surface area contributed by atoms with Gasteiger partial charge in [0.25, 0.3) is 0 Å². The van der Waals surface area contributed by atoms with Gasteiger partial charge >= 0.3 is 12.2 Å². The molecule has 0 aliphatic carbocycles.